The molecule has 0 N–H and O–H groups in total. The van der Waals surface area contributed by atoms with Crippen molar-refractivity contribution in [3.05, 3.63) is 62.6 Å². The lowest BCUT2D eigenvalue weighted by molar-refractivity contribution is 0.0208. The summed E-state index contributed by atoms with van der Waals surface area (Å²) in [4.78, 5) is 24.4. The average Bonchev–Trinajstić information content (AvgIpc) is 2.86. The molecule has 0 fully saturated rings. The van der Waals surface area contributed by atoms with Crippen LogP contribution in [0.1, 0.15) is 26.3 Å². The zero-order chi connectivity index (χ0) is 19.8. The maximum absolute atomic E-state index is 12.3. The maximum Gasteiger partial charge on any atom is 0.514 e. The molecule has 0 aliphatic heterocycles. The van der Waals surface area contributed by atoms with Gasteiger partial charge in [0, 0.05) is 0 Å². The molecular weight excluding hydrogens is 393 g/mol. The summed E-state index contributed by atoms with van der Waals surface area (Å²) >= 11 is 12.0. The Kier molecular flexibility index (Phi) is 5.22. The van der Waals surface area contributed by atoms with E-state index in [-0.39, 0.29) is 12.3 Å². The Labute approximate surface area is 165 Å². The molecule has 1 heterocycles. The van der Waals surface area contributed by atoms with Crippen LogP contribution < -0.4 is 10.5 Å². The molecular formula is C19H17Cl2NO5. The molecule has 142 valence electrons. The maximum atomic E-state index is 12.3. The molecule has 8 heteroatoms. The standard InChI is InChI=1S/C19H17Cl2NO5/c1-19(2,3)27-18(24)26-15-6-4-5-14-16(15)22(17(23)25-14)10-11-7-8-12(20)13(21)9-11/h4-9H,10H2,1-3H3. The van der Waals surface area contributed by atoms with Crippen LogP contribution >= 0.6 is 23.2 Å². The lowest BCUT2D eigenvalue weighted by Crippen LogP contribution is -2.26. The van der Waals surface area contributed by atoms with Crippen molar-refractivity contribution in [2.45, 2.75) is 32.9 Å². The number of carbonyl (C=O) groups is 1. The number of halogens is 2. The molecule has 0 spiro atoms. The van der Waals surface area contributed by atoms with Crippen molar-refractivity contribution < 1.29 is 18.7 Å². The van der Waals surface area contributed by atoms with E-state index in [2.05, 4.69) is 0 Å². The van der Waals surface area contributed by atoms with Gasteiger partial charge in [-0.2, -0.15) is 0 Å². The van der Waals surface area contributed by atoms with Gasteiger partial charge < -0.3 is 13.9 Å². The summed E-state index contributed by atoms with van der Waals surface area (Å²) in [7, 11) is 0. The van der Waals surface area contributed by atoms with Gasteiger partial charge >= 0.3 is 11.9 Å². The average molecular weight is 410 g/mol. The van der Waals surface area contributed by atoms with E-state index in [1.807, 2.05) is 0 Å². The number of oxazole rings is 1. The minimum Gasteiger partial charge on any atom is -0.428 e. The summed E-state index contributed by atoms with van der Waals surface area (Å²) in [6, 6.07) is 9.85. The summed E-state index contributed by atoms with van der Waals surface area (Å²) in [5.41, 5.74) is 0.669. The number of fused-ring (bicyclic) bond motifs is 1. The first-order chi connectivity index (χ1) is 12.6. The summed E-state index contributed by atoms with van der Waals surface area (Å²) < 4.78 is 17.1. The third-order valence-electron chi connectivity index (χ3n) is 3.56. The Morgan fingerprint density at radius 3 is 2.56 bits per heavy atom. The van der Waals surface area contributed by atoms with E-state index >= 15 is 0 Å². The molecule has 0 atom stereocenters. The fourth-order valence-electron chi connectivity index (χ4n) is 2.50. The zero-order valence-electron chi connectivity index (χ0n) is 14.9. The van der Waals surface area contributed by atoms with Crippen LogP contribution in [0.4, 0.5) is 4.79 Å². The molecule has 0 amide bonds. The van der Waals surface area contributed by atoms with Gasteiger partial charge in [-0.25, -0.2) is 9.59 Å². The van der Waals surface area contributed by atoms with E-state index in [0.29, 0.717) is 21.1 Å². The van der Waals surface area contributed by atoms with Gasteiger partial charge in [-0.1, -0.05) is 35.3 Å². The van der Waals surface area contributed by atoms with Crippen molar-refractivity contribution in [3.8, 4) is 5.75 Å². The largest absolute Gasteiger partial charge is 0.514 e. The number of rotatable bonds is 3. The monoisotopic (exact) mass is 409 g/mol. The first-order valence-corrected chi connectivity index (χ1v) is 8.87. The minimum atomic E-state index is -0.871. The molecule has 0 unspecified atom stereocenters. The second kappa shape index (κ2) is 7.29. The highest BCUT2D eigenvalue weighted by Crippen LogP contribution is 2.28. The van der Waals surface area contributed by atoms with E-state index in [0.717, 1.165) is 5.56 Å². The summed E-state index contributed by atoms with van der Waals surface area (Å²) in [5, 5.41) is 0.791. The number of hydrogen-bond donors (Lipinski definition) is 0. The molecule has 0 saturated heterocycles. The van der Waals surface area contributed by atoms with E-state index in [4.69, 9.17) is 37.1 Å². The van der Waals surface area contributed by atoms with Crippen molar-refractivity contribution in [2.24, 2.45) is 0 Å². The van der Waals surface area contributed by atoms with Crippen molar-refractivity contribution in [1.29, 1.82) is 0 Å². The Balaban J connectivity index is 2.00. The van der Waals surface area contributed by atoms with Crippen LogP contribution in [-0.4, -0.2) is 16.3 Å². The van der Waals surface area contributed by atoms with Gasteiger partial charge in [0.05, 0.1) is 16.6 Å². The smallest absolute Gasteiger partial charge is 0.428 e. The highest BCUT2D eigenvalue weighted by molar-refractivity contribution is 6.42. The van der Waals surface area contributed by atoms with Gasteiger partial charge in [0.2, 0.25) is 0 Å². The third-order valence-corrected chi connectivity index (χ3v) is 4.30. The molecule has 0 saturated carbocycles. The molecule has 3 aromatic rings. The van der Waals surface area contributed by atoms with Crippen LogP contribution in [0, 0.1) is 0 Å². The second-order valence-corrected chi connectivity index (χ2v) is 7.69. The van der Waals surface area contributed by atoms with Gasteiger partial charge in [-0.15, -0.1) is 0 Å². The minimum absolute atomic E-state index is 0.160. The van der Waals surface area contributed by atoms with Crippen molar-refractivity contribution in [2.75, 3.05) is 0 Å². The highest BCUT2D eigenvalue weighted by Gasteiger charge is 2.21. The lowest BCUT2D eigenvalue weighted by Gasteiger charge is -2.18. The van der Waals surface area contributed by atoms with Gasteiger partial charge in [0.15, 0.2) is 11.3 Å². The number of aromatic nitrogens is 1. The first-order valence-electron chi connectivity index (χ1n) is 8.11. The zero-order valence-corrected chi connectivity index (χ0v) is 16.4. The Hall–Kier alpha value is -2.44. The molecule has 1 aromatic heterocycles. The molecule has 0 radical (unpaired) electrons. The highest BCUT2D eigenvalue weighted by atomic mass is 35.5. The predicted molar refractivity (Wildman–Crippen MR) is 103 cm³/mol. The van der Waals surface area contributed by atoms with Gasteiger partial charge in [-0.3, -0.25) is 4.57 Å². The molecule has 6 nitrogen and oxygen atoms in total. The molecule has 27 heavy (non-hydrogen) atoms. The number of carbonyl (C=O) groups excluding carboxylic acids is 1. The Bertz CT molecular complexity index is 1060. The van der Waals surface area contributed by atoms with E-state index in [1.165, 1.54) is 4.57 Å². The van der Waals surface area contributed by atoms with Crippen LogP contribution in [0.3, 0.4) is 0 Å². The second-order valence-electron chi connectivity index (χ2n) is 6.87. The molecule has 2 aromatic carbocycles. The van der Waals surface area contributed by atoms with Crippen LogP contribution in [-0.2, 0) is 11.3 Å². The first kappa shape index (κ1) is 19.3. The predicted octanol–water partition coefficient (Wildman–Crippen LogP) is 5.26. The van der Waals surface area contributed by atoms with Crippen molar-refractivity contribution in [3.63, 3.8) is 0 Å². The number of para-hydroxylation sites is 1. The number of hydrogen-bond acceptors (Lipinski definition) is 5. The summed E-state index contributed by atoms with van der Waals surface area (Å²) in [6.45, 7) is 5.35. The van der Waals surface area contributed by atoms with Gasteiger partial charge in [0.25, 0.3) is 0 Å². The number of ether oxygens (including phenoxy) is 2. The topological polar surface area (TPSA) is 70.7 Å². The molecule has 0 aliphatic carbocycles. The Morgan fingerprint density at radius 1 is 1.15 bits per heavy atom. The van der Waals surface area contributed by atoms with Crippen LogP contribution in [0.15, 0.2) is 45.6 Å². The van der Waals surface area contributed by atoms with Crippen LogP contribution in [0.25, 0.3) is 11.1 Å². The fourth-order valence-corrected chi connectivity index (χ4v) is 2.82. The van der Waals surface area contributed by atoms with Crippen LogP contribution in [0.5, 0.6) is 5.75 Å². The Morgan fingerprint density at radius 2 is 1.89 bits per heavy atom. The third kappa shape index (κ3) is 4.46. The number of nitrogens with zero attached hydrogens (tertiary/aromatic N) is 1. The van der Waals surface area contributed by atoms with Gasteiger partial charge in [0.1, 0.15) is 11.1 Å². The number of benzene rings is 2. The summed E-state index contributed by atoms with van der Waals surface area (Å²) in [5.74, 6) is -0.427. The van der Waals surface area contributed by atoms with Gasteiger partial charge in [-0.05, 0) is 50.6 Å². The fraction of sp³-hybridized carbons (Fsp3) is 0.263. The van der Waals surface area contributed by atoms with Crippen molar-refractivity contribution in [1.82, 2.24) is 4.57 Å². The normalized spacial score (nSPS) is 11.6. The quantitative estimate of drug-likeness (QED) is 0.435. The molecule has 0 aliphatic rings. The summed E-state index contributed by atoms with van der Waals surface area (Å²) in [6.07, 6.45) is -0.871. The lowest BCUT2D eigenvalue weighted by atomic mass is 10.2. The van der Waals surface area contributed by atoms with E-state index in [9.17, 15) is 9.59 Å². The van der Waals surface area contributed by atoms with E-state index < -0.39 is 17.5 Å². The molecule has 0 bridgehead atoms. The van der Waals surface area contributed by atoms with Crippen molar-refractivity contribution >= 4 is 40.5 Å². The van der Waals surface area contributed by atoms with Crippen LogP contribution in [0.2, 0.25) is 10.0 Å². The molecule has 3 rings (SSSR count). The van der Waals surface area contributed by atoms with E-state index in [1.54, 1.807) is 57.2 Å². The SMILES string of the molecule is CC(C)(C)OC(=O)Oc1cccc2oc(=O)n(Cc3ccc(Cl)c(Cl)c3)c12.